The topological polar surface area (TPSA) is 99.3 Å². The molecule has 0 bridgehead atoms. The van der Waals surface area contributed by atoms with Crippen LogP contribution in [0, 0.1) is 6.92 Å². The summed E-state index contributed by atoms with van der Waals surface area (Å²) >= 11 is 1.14. The molecule has 2 heterocycles. The SMILES string of the molecule is Cc1ccsc1S(=O)(=O)Nc1cccc2cc(C(=O)O)[nH]c12. The Balaban J connectivity index is 2.08. The van der Waals surface area contributed by atoms with E-state index in [1.807, 2.05) is 0 Å². The van der Waals surface area contributed by atoms with Crippen LogP contribution >= 0.6 is 11.3 Å². The normalized spacial score (nSPS) is 11.7. The molecule has 0 radical (unpaired) electrons. The third kappa shape index (κ3) is 2.46. The van der Waals surface area contributed by atoms with Crippen molar-refractivity contribution in [2.45, 2.75) is 11.1 Å². The highest BCUT2D eigenvalue weighted by atomic mass is 32.2. The fraction of sp³-hybridized carbons (Fsp3) is 0.0714. The standard InChI is InChI=1S/C14H12N2O4S2/c1-8-5-6-21-14(8)22(19,20)16-10-4-2-3-9-7-11(13(17)18)15-12(9)10/h2-7,15-16H,1H3,(H,17,18). The molecule has 2 aromatic heterocycles. The fourth-order valence-electron chi connectivity index (χ4n) is 2.18. The van der Waals surface area contributed by atoms with Crippen LogP contribution in [0.25, 0.3) is 10.9 Å². The molecule has 0 fully saturated rings. The summed E-state index contributed by atoms with van der Waals surface area (Å²) in [6, 6.07) is 8.17. The molecule has 8 heteroatoms. The molecular weight excluding hydrogens is 324 g/mol. The quantitative estimate of drug-likeness (QED) is 0.682. The van der Waals surface area contributed by atoms with Crippen molar-refractivity contribution < 1.29 is 18.3 Å². The van der Waals surface area contributed by atoms with Crippen molar-refractivity contribution in [1.82, 2.24) is 4.98 Å². The lowest BCUT2D eigenvalue weighted by Gasteiger charge is -2.08. The molecule has 0 atom stereocenters. The number of anilines is 1. The summed E-state index contributed by atoms with van der Waals surface area (Å²) in [6.07, 6.45) is 0. The van der Waals surface area contributed by atoms with Crippen molar-refractivity contribution in [2.24, 2.45) is 0 Å². The minimum Gasteiger partial charge on any atom is -0.477 e. The number of sulfonamides is 1. The molecule has 6 nitrogen and oxygen atoms in total. The number of para-hydroxylation sites is 1. The Morgan fingerprint density at radius 2 is 2.09 bits per heavy atom. The number of aromatic amines is 1. The van der Waals surface area contributed by atoms with E-state index in [0.29, 0.717) is 22.2 Å². The number of carbonyl (C=O) groups is 1. The van der Waals surface area contributed by atoms with E-state index in [9.17, 15) is 13.2 Å². The van der Waals surface area contributed by atoms with Gasteiger partial charge >= 0.3 is 5.97 Å². The fourth-order valence-corrected chi connectivity index (χ4v) is 4.67. The Kier molecular flexibility index (Phi) is 3.42. The lowest BCUT2D eigenvalue weighted by atomic mass is 10.2. The maximum atomic E-state index is 12.4. The Morgan fingerprint density at radius 1 is 1.32 bits per heavy atom. The first kappa shape index (κ1) is 14.6. The second kappa shape index (κ2) is 5.15. The number of hydrogen-bond donors (Lipinski definition) is 3. The maximum Gasteiger partial charge on any atom is 0.352 e. The zero-order valence-corrected chi connectivity index (χ0v) is 13.1. The summed E-state index contributed by atoms with van der Waals surface area (Å²) in [6.45, 7) is 1.73. The number of nitrogens with one attached hydrogen (secondary N) is 2. The van der Waals surface area contributed by atoms with E-state index in [-0.39, 0.29) is 9.90 Å². The van der Waals surface area contributed by atoms with E-state index < -0.39 is 16.0 Å². The summed E-state index contributed by atoms with van der Waals surface area (Å²) in [7, 11) is -3.70. The number of benzene rings is 1. The van der Waals surface area contributed by atoms with Gasteiger partial charge in [0.05, 0.1) is 11.2 Å². The van der Waals surface area contributed by atoms with Crippen LogP contribution in [0.1, 0.15) is 16.1 Å². The number of thiophene rings is 1. The average Bonchev–Trinajstić information content (AvgIpc) is 3.05. The molecule has 0 spiro atoms. The molecule has 3 N–H and O–H groups in total. The molecular formula is C14H12N2O4S2. The van der Waals surface area contributed by atoms with Gasteiger partial charge in [0.1, 0.15) is 9.90 Å². The average molecular weight is 336 g/mol. The van der Waals surface area contributed by atoms with E-state index in [1.165, 1.54) is 6.07 Å². The number of aryl methyl sites for hydroxylation is 1. The second-order valence-electron chi connectivity index (χ2n) is 4.75. The van der Waals surface area contributed by atoms with Gasteiger partial charge in [0, 0.05) is 5.39 Å². The largest absolute Gasteiger partial charge is 0.477 e. The first-order chi connectivity index (χ1) is 10.4. The lowest BCUT2D eigenvalue weighted by Crippen LogP contribution is -2.12. The van der Waals surface area contributed by atoms with Crippen molar-refractivity contribution in [3.63, 3.8) is 0 Å². The van der Waals surface area contributed by atoms with Gasteiger partial charge in [-0.3, -0.25) is 4.72 Å². The summed E-state index contributed by atoms with van der Waals surface area (Å²) in [5, 5.41) is 11.4. The van der Waals surface area contributed by atoms with Crippen molar-refractivity contribution in [2.75, 3.05) is 4.72 Å². The van der Waals surface area contributed by atoms with Gasteiger partial charge in [-0.2, -0.15) is 0 Å². The molecule has 0 saturated carbocycles. The van der Waals surface area contributed by atoms with Gasteiger partial charge in [0.15, 0.2) is 0 Å². The number of fused-ring (bicyclic) bond motifs is 1. The van der Waals surface area contributed by atoms with Crippen molar-refractivity contribution in [3.8, 4) is 0 Å². The molecule has 3 rings (SSSR count). The molecule has 0 saturated heterocycles. The van der Waals surface area contributed by atoms with E-state index in [0.717, 1.165) is 11.3 Å². The van der Waals surface area contributed by atoms with E-state index in [4.69, 9.17) is 5.11 Å². The monoisotopic (exact) mass is 336 g/mol. The van der Waals surface area contributed by atoms with E-state index >= 15 is 0 Å². The van der Waals surface area contributed by atoms with E-state index in [2.05, 4.69) is 9.71 Å². The molecule has 3 aromatic rings. The lowest BCUT2D eigenvalue weighted by molar-refractivity contribution is 0.0691. The van der Waals surface area contributed by atoms with Crippen LogP contribution in [-0.4, -0.2) is 24.5 Å². The first-order valence-electron chi connectivity index (χ1n) is 6.30. The summed E-state index contributed by atoms with van der Waals surface area (Å²) < 4.78 is 27.6. The van der Waals surface area contributed by atoms with Gasteiger partial charge in [-0.05, 0) is 36.1 Å². The maximum absolute atomic E-state index is 12.4. The number of rotatable bonds is 4. The number of aromatic carboxylic acids is 1. The predicted molar refractivity (Wildman–Crippen MR) is 85.1 cm³/mol. The molecule has 0 aliphatic heterocycles. The third-order valence-corrected chi connectivity index (χ3v) is 6.24. The second-order valence-corrected chi connectivity index (χ2v) is 7.55. The van der Waals surface area contributed by atoms with Gasteiger partial charge in [0.2, 0.25) is 0 Å². The van der Waals surface area contributed by atoms with Crippen LogP contribution in [0.3, 0.4) is 0 Å². The van der Waals surface area contributed by atoms with Crippen LogP contribution < -0.4 is 4.72 Å². The Labute approximate surface area is 130 Å². The molecule has 0 unspecified atom stereocenters. The van der Waals surface area contributed by atoms with Crippen LogP contribution in [-0.2, 0) is 10.0 Å². The van der Waals surface area contributed by atoms with Crippen LogP contribution in [0.15, 0.2) is 39.9 Å². The van der Waals surface area contributed by atoms with Gasteiger partial charge in [0.25, 0.3) is 10.0 Å². The van der Waals surface area contributed by atoms with Crippen molar-refractivity contribution in [1.29, 1.82) is 0 Å². The molecule has 0 aliphatic carbocycles. The highest BCUT2D eigenvalue weighted by molar-refractivity contribution is 7.94. The number of aromatic nitrogens is 1. The molecule has 114 valence electrons. The zero-order valence-electron chi connectivity index (χ0n) is 11.5. The first-order valence-corrected chi connectivity index (χ1v) is 8.67. The van der Waals surface area contributed by atoms with Gasteiger partial charge in [-0.25, -0.2) is 13.2 Å². The number of carboxylic acids is 1. The van der Waals surface area contributed by atoms with Crippen LogP contribution in [0.2, 0.25) is 0 Å². The Hall–Kier alpha value is -2.32. The highest BCUT2D eigenvalue weighted by Gasteiger charge is 2.20. The predicted octanol–water partition coefficient (Wildman–Crippen LogP) is 3.04. The molecule has 0 amide bonds. The zero-order chi connectivity index (χ0) is 15.9. The Morgan fingerprint density at radius 3 is 2.73 bits per heavy atom. The van der Waals surface area contributed by atoms with Crippen molar-refractivity contribution >= 4 is 43.9 Å². The summed E-state index contributed by atoms with van der Waals surface area (Å²) in [5.41, 5.74) is 1.44. The highest BCUT2D eigenvalue weighted by Crippen LogP contribution is 2.28. The smallest absolute Gasteiger partial charge is 0.352 e. The summed E-state index contributed by atoms with van der Waals surface area (Å²) in [5.74, 6) is -1.10. The molecule has 0 aliphatic rings. The van der Waals surface area contributed by atoms with Gasteiger partial charge < -0.3 is 10.1 Å². The number of H-pyrrole nitrogens is 1. The third-order valence-electron chi connectivity index (χ3n) is 3.19. The van der Waals surface area contributed by atoms with Crippen molar-refractivity contribution in [3.05, 3.63) is 47.0 Å². The van der Waals surface area contributed by atoms with Crippen LogP contribution in [0.5, 0.6) is 0 Å². The van der Waals surface area contributed by atoms with Crippen LogP contribution in [0.4, 0.5) is 5.69 Å². The number of hydrogen-bond acceptors (Lipinski definition) is 4. The van der Waals surface area contributed by atoms with Gasteiger partial charge in [-0.1, -0.05) is 12.1 Å². The molecule has 22 heavy (non-hydrogen) atoms. The Bertz CT molecular complexity index is 970. The van der Waals surface area contributed by atoms with Gasteiger partial charge in [-0.15, -0.1) is 11.3 Å². The molecule has 1 aromatic carbocycles. The number of carboxylic acid groups (broad SMARTS) is 1. The minimum atomic E-state index is -3.70. The summed E-state index contributed by atoms with van der Waals surface area (Å²) in [4.78, 5) is 13.8. The minimum absolute atomic E-state index is 0.00829. The van der Waals surface area contributed by atoms with E-state index in [1.54, 1.807) is 36.6 Å².